The number of ether oxygens (including phenoxy) is 5. The van der Waals surface area contributed by atoms with Crippen molar-refractivity contribution in [3.8, 4) is 0 Å². The normalized spacial score (nSPS) is 11.3. The summed E-state index contributed by atoms with van der Waals surface area (Å²) in [5.41, 5.74) is -1.59. The standard InChI is InChI=1S/C19H24O9/c1-6-14(20)25-11-19(12-26-15(21)7-2,13-27-16(22)8-3)18(24-10-5)28-17(23)9-4/h6-9,18H,1-4,10-13H2,5H3. The highest BCUT2D eigenvalue weighted by atomic mass is 16.7. The monoisotopic (exact) mass is 396 g/mol. The second-order valence-corrected chi connectivity index (χ2v) is 5.23. The van der Waals surface area contributed by atoms with Gasteiger partial charge >= 0.3 is 23.9 Å². The largest absolute Gasteiger partial charge is 0.461 e. The third kappa shape index (κ3) is 8.45. The van der Waals surface area contributed by atoms with Crippen molar-refractivity contribution in [1.82, 2.24) is 0 Å². The van der Waals surface area contributed by atoms with Gasteiger partial charge in [0.15, 0.2) is 0 Å². The Morgan fingerprint density at radius 2 is 1.11 bits per heavy atom. The minimum absolute atomic E-state index is 0.0665. The molecule has 0 amide bonds. The van der Waals surface area contributed by atoms with Crippen LogP contribution in [0.5, 0.6) is 0 Å². The molecule has 9 nitrogen and oxygen atoms in total. The average molecular weight is 396 g/mol. The second kappa shape index (κ2) is 13.0. The third-order valence-corrected chi connectivity index (χ3v) is 3.21. The molecular formula is C19H24O9. The Bertz CT molecular complexity index is 561. The van der Waals surface area contributed by atoms with Gasteiger partial charge in [0.2, 0.25) is 6.29 Å². The van der Waals surface area contributed by atoms with Crippen molar-refractivity contribution in [2.75, 3.05) is 26.4 Å². The van der Waals surface area contributed by atoms with Gasteiger partial charge in [0.25, 0.3) is 0 Å². The van der Waals surface area contributed by atoms with Crippen LogP contribution in [0, 0.1) is 5.41 Å². The Morgan fingerprint density at radius 3 is 1.39 bits per heavy atom. The SMILES string of the molecule is C=CC(=O)OCC(COC(=O)C=C)(COC(=O)C=C)C(OCC)OC(=O)C=C. The zero-order valence-electron chi connectivity index (χ0n) is 15.7. The van der Waals surface area contributed by atoms with Crippen LogP contribution in [0.3, 0.4) is 0 Å². The average Bonchev–Trinajstić information content (AvgIpc) is 2.71. The van der Waals surface area contributed by atoms with Gasteiger partial charge in [-0.1, -0.05) is 26.3 Å². The zero-order chi connectivity index (χ0) is 21.6. The van der Waals surface area contributed by atoms with Gasteiger partial charge in [-0.2, -0.15) is 0 Å². The predicted octanol–water partition coefficient (Wildman–Crippen LogP) is 1.25. The maximum atomic E-state index is 11.7. The van der Waals surface area contributed by atoms with Crippen LogP contribution < -0.4 is 0 Å². The fourth-order valence-electron chi connectivity index (χ4n) is 1.79. The fourth-order valence-corrected chi connectivity index (χ4v) is 1.79. The molecule has 28 heavy (non-hydrogen) atoms. The summed E-state index contributed by atoms with van der Waals surface area (Å²) in [6.45, 7) is 13.3. The first-order chi connectivity index (χ1) is 13.3. The molecule has 0 radical (unpaired) electrons. The molecule has 0 saturated carbocycles. The minimum atomic E-state index is -1.59. The summed E-state index contributed by atoms with van der Waals surface area (Å²) >= 11 is 0. The van der Waals surface area contributed by atoms with Crippen LogP contribution in [0.4, 0.5) is 0 Å². The van der Waals surface area contributed by atoms with Crippen LogP contribution in [0.1, 0.15) is 6.92 Å². The molecule has 0 aliphatic carbocycles. The van der Waals surface area contributed by atoms with E-state index in [1.807, 2.05) is 0 Å². The van der Waals surface area contributed by atoms with Crippen molar-refractivity contribution in [3.05, 3.63) is 50.6 Å². The van der Waals surface area contributed by atoms with Crippen LogP contribution in [0.2, 0.25) is 0 Å². The molecule has 9 heteroatoms. The molecule has 0 aromatic rings. The highest BCUT2D eigenvalue weighted by Gasteiger charge is 2.46. The van der Waals surface area contributed by atoms with E-state index in [1.54, 1.807) is 6.92 Å². The predicted molar refractivity (Wildman–Crippen MR) is 97.6 cm³/mol. The van der Waals surface area contributed by atoms with Crippen LogP contribution in [0.15, 0.2) is 50.6 Å². The van der Waals surface area contributed by atoms with Crippen LogP contribution in [0.25, 0.3) is 0 Å². The summed E-state index contributed by atoms with van der Waals surface area (Å²) in [4.78, 5) is 46.4. The fraction of sp³-hybridized carbons (Fsp3) is 0.368. The number of carbonyl (C=O) groups excluding carboxylic acids is 4. The van der Waals surface area contributed by atoms with Gasteiger partial charge in [0.1, 0.15) is 25.2 Å². The summed E-state index contributed by atoms with van der Waals surface area (Å²) in [6, 6.07) is 0. The highest BCUT2D eigenvalue weighted by molar-refractivity contribution is 5.82. The summed E-state index contributed by atoms with van der Waals surface area (Å²) < 4.78 is 25.7. The molecule has 0 N–H and O–H groups in total. The lowest BCUT2D eigenvalue weighted by Crippen LogP contribution is -2.51. The van der Waals surface area contributed by atoms with Gasteiger partial charge in [-0.15, -0.1) is 0 Å². The van der Waals surface area contributed by atoms with Crippen LogP contribution in [-0.4, -0.2) is 56.6 Å². The molecule has 0 bridgehead atoms. The Hall–Kier alpha value is -3.20. The van der Waals surface area contributed by atoms with E-state index in [9.17, 15) is 19.2 Å². The topological polar surface area (TPSA) is 114 Å². The quantitative estimate of drug-likeness (QED) is 0.185. The number of hydrogen-bond acceptors (Lipinski definition) is 9. The van der Waals surface area contributed by atoms with E-state index in [-0.39, 0.29) is 6.61 Å². The summed E-state index contributed by atoms with van der Waals surface area (Å²) in [7, 11) is 0. The Labute approximate surface area is 163 Å². The summed E-state index contributed by atoms with van der Waals surface area (Å²) in [5.74, 6) is -3.28. The lowest BCUT2D eigenvalue weighted by atomic mass is 9.89. The van der Waals surface area contributed by atoms with E-state index in [4.69, 9.17) is 23.7 Å². The molecule has 0 spiro atoms. The Morgan fingerprint density at radius 1 is 0.750 bits per heavy atom. The first kappa shape index (κ1) is 24.8. The van der Waals surface area contributed by atoms with Gasteiger partial charge in [0.05, 0.1) is 0 Å². The molecule has 0 fully saturated rings. The molecule has 0 rings (SSSR count). The summed E-state index contributed by atoms with van der Waals surface area (Å²) in [6.07, 6.45) is 2.18. The molecule has 154 valence electrons. The van der Waals surface area contributed by atoms with Crippen molar-refractivity contribution in [3.63, 3.8) is 0 Å². The molecule has 1 unspecified atom stereocenters. The highest BCUT2D eigenvalue weighted by Crippen LogP contribution is 2.29. The smallest absolute Gasteiger partial charge is 0.332 e. The number of rotatable bonds is 14. The molecule has 0 aromatic carbocycles. The molecule has 0 aliphatic heterocycles. The van der Waals surface area contributed by atoms with Crippen molar-refractivity contribution >= 4 is 23.9 Å². The zero-order valence-corrected chi connectivity index (χ0v) is 15.7. The van der Waals surface area contributed by atoms with E-state index < -0.39 is 55.4 Å². The van der Waals surface area contributed by atoms with Crippen molar-refractivity contribution in [2.45, 2.75) is 13.2 Å². The number of esters is 4. The van der Waals surface area contributed by atoms with Crippen LogP contribution in [-0.2, 0) is 42.9 Å². The molecule has 0 heterocycles. The van der Waals surface area contributed by atoms with Gasteiger partial charge in [-0.3, -0.25) is 0 Å². The maximum absolute atomic E-state index is 11.7. The molecular weight excluding hydrogens is 372 g/mol. The maximum Gasteiger partial charge on any atom is 0.332 e. The van der Waals surface area contributed by atoms with Gasteiger partial charge in [-0.05, 0) is 6.92 Å². The van der Waals surface area contributed by atoms with Gasteiger partial charge in [0, 0.05) is 30.9 Å². The molecule has 0 aliphatic rings. The van der Waals surface area contributed by atoms with Gasteiger partial charge in [-0.25, -0.2) is 19.2 Å². The summed E-state index contributed by atoms with van der Waals surface area (Å²) in [5, 5.41) is 0. The van der Waals surface area contributed by atoms with Crippen molar-refractivity contribution in [1.29, 1.82) is 0 Å². The third-order valence-electron chi connectivity index (χ3n) is 3.21. The Kier molecular flexibility index (Phi) is 11.6. The van der Waals surface area contributed by atoms with Crippen LogP contribution >= 0.6 is 0 Å². The lowest BCUT2D eigenvalue weighted by Gasteiger charge is -2.37. The molecule has 0 saturated heterocycles. The molecule has 1 atom stereocenters. The number of carbonyl (C=O) groups is 4. The second-order valence-electron chi connectivity index (χ2n) is 5.23. The van der Waals surface area contributed by atoms with E-state index in [0.29, 0.717) is 0 Å². The van der Waals surface area contributed by atoms with E-state index >= 15 is 0 Å². The van der Waals surface area contributed by atoms with Crippen molar-refractivity contribution in [2.24, 2.45) is 5.41 Å². The lowest BCUT2D eigenvalue weighted by molar-refractivity contribution is -0.235. The minimum Gasteiger partial charge on any atom is -0.461 e. The van der Waals surface area contributed by atoms with Crippen molar-refractivity contribution < 1.29 is 42.9 Å². The first-order valence-corrected chi connectivity index (χ1v) is 8.10. The Balaban J connectivity index is 5.98. The van der Waals surface area contributed by atoms with E-state index in [2.05, 4.69) is 26.3 Å². The first-order valence-electron chi connectivity index (χ1n) is 8.10. The van der Waals surface area contributed by atoms with E-state index in [1.165, 1.54) is 0 Å². The molecule has 0 aromatic heterocycles. The van der Waals surface area contributed by atoms with E-state index in [0.717, 1.165) is 24.3 Å². The van der Waals surface area contributed by atoms with Gasteiger partial charge < -0.3 is 23.7 Å². The number of hydrogen-bond donors (Lipinski definition) is 0.